The van der Waals surface area contributed by atoms with Gasteiger partial charge in [-0.1, -0.05) is 24.3 Å². The molecule has 0 saturated heterocycles. The van der Waals surface area contributed by atoms with E-state index in [2.05, 4.69) is 0 Å². The van der Waals surface area contributed by atoms with Crippen LogP contribution < -0.4 is 16.1 Å². The number of carbonyl (C=O) groups excluding carboxylic acids is 1. The van der Waals surface area contributed by atoms with Crippen LogP contribution in [0.15, 0.2) is 69.2 Å². The first kappa shape index (κ1) is 19.6. The number of alkyl halides is 3. The van der Waals surface area contributed by atoms with E-state index in [0.717, 1.165) is 19.2 Å². The normalized spacial score (nSPS) is 16.2. The maximum absolute atomic E-state index is 13.0. The summed E-state index contributed by atoms with van der Waals surface area (Å²) in [5.41, 5.74) is 4.51. The highest BCUT2D eigenvalue weighted by atomic mass is 19.4. The number of para-hydroxylation sites is 1. The SMILES string of the molecule is COC(=O)C1=C(N)Oc2c(c(=O)oc3ccccc23)[C@H]1c1ccc(C(F)(F)F)cc1. The molecule has 0 unspecified atom stereocenters. The highest BCUT2D eigenvalue weighted by Gasteiger charge is 2.39. The number of halogens is 3. The van der Waals surface area contributed by atoms with Crippen molar-refractivity contribution >= 4 is 16.9 Å². The number of fused-ring (bicyclic) bond motifs is 3. The van der Waals surface area contributed by atoms with E-state index in [1.807, 2.05) is 0 Å². The minimum atomic E-state index is -4.54. The Morgan fingerprint density at radius 1 is 1.10 bits per heavy atom. The zero-order chi connectivity index (χ0) is 21.6. The Morgan fingerprint density at radius 2 is 1.77 bits per heavy atom. The summed E-state index contributed by atoms with van der Waals surface area (Å²) in [6.45, 7) is 0. The molecule has 0 spiro atoms. The number of nitrogens with two attached hydrogens (primary N) is 1. The Hall–Kier alpha value is -3.75. The molecule has 1 aliphatic heterocycles. The standard InChI is InChI=1S/C21H14F3NO5/c1-28-19(26)16-14(10-6-8-11(9-7-10)21(22,23)24)15-17(30-18(16)25)12-4-2-3-5-13(12)29-20(15)27/h2-9,14H,25H2,1H3/t14-/m1/s1. The number of carbonyl (C=O) groups is 1. The van der Waals surface area contributed by atoms with E-state index >= 15 is 0 Å². The van der Waals surface area contributed by atoms with E-state index in [9.17, 15) is 22.8 Å². The van der Waals surface area contributed by atoms with Gasteiger partial charge in [-0.3, -0.25) is 0 Å². The summed E-state index contributed by atoms with van der Waals surface area (Å²) in [7, 11) is 1.12. The van der Waals surface area contributed by atoms with Crippen LogP contribution in [-0.2, 0) is 15.7 Å². The van der Waals surface area contributed by atoms with Gasteiger partial charge in [-0.25, -0.2) is 9.59 Å². The lowest BCUT2D eigenvalue weighted by Gasteiger charge is -2.27. The fraction of sp³-hybridized carbons (Fsp3) is 0.143. The highest BCUT2D eigenvalue weighted by molar-refractivity contribution is 5.94. The second-order valence-corrected chi connectivity index (χ2v) is 6.55. The molecule has 2 heterocycles. The second kappa shape index (κ2) is 6.94. The first-order valence-electron chi connectivity index (χ1n) is 8.71. The van der Waals surface area contributed by atoms with Crippen molar-refractivity contribution < 1.29 is 31.9 Å². The predicted molar refractivity (Wildman–Crippen MR) is 99.6 cm³/mol. The summed E-state index contributed by atoms with van der Waals surface area (Å²) in [5, 5.41) is 0.427. The van der Waals surface area contributed by atoms with Crippen LogP contribution in [0.3, 0.4) is 0 Å². The van der Waals surface area contributed by atoms with Crippen molar-refractivity contribution in [2.24, 2.45) is 5.73 Å². The Balaban J connectivity index is 2.00. The van der Waals surface area contributed by atoms with Gasteiger partial charge in [-0.15, -0.1) is 0 Å². The van der Waals surface area contributed by atoms with Crippen LogP contribution in [0.5, 0.6) is 5.75 Å². The molecule has 0 bridgehead atoms. The molecular formula is C21H14F3NO5. The van der Waals surface area contributed by atoms with Gasteiger partial charge in [0.1, 0.15) is 11.2 Å². The van der Waals surface area contributed by atoms with Gasteiger partial charge in [0.2, 0.25) is 5.88 Å². The molecule has 0 aliphatic carbocycles. The lowest BCUT2D eigenvalue weighted by Crippen LogP contribution is -2.30. The summed E-state index contributed by atoms with van der Waals surface area (Å²) >= 11 is 0. The topological polar surface area (TPSA) is 91.8 Å². The molecule has 1 atom stereocenters. The average Bonchev–Trinajstić information content (AvgIpc) is 2.72. The first-order valence-corrected chi connectivity index (χ1v) is 8.71. The molecule has 0 fully saturated rings. The molecule has 3 aromatic rings. The minimum absolute atomic E-state index is 0.0527. The molecule has 2 N–H and O–H groups in total. The summed E-state index contributed by atoms with van der Waals surface area (Å²) in [6.07, 6.45) is -4.54. The molecule has 154 valence electrons. The van der Waals surface area contributed by atoms with Crippen molar-refractivity contribution in [3.05, 3.63) is 87.1 Å². The van der Waals surface area contributed by atoms with Crippen LogP contribution in [-0.4, -0.2) is 13.1 Å². The number of hydrogen-bond acceptors (Lipinski definition) is 6. The third kappa shape index (κ3) is 3.08. The molecule has 1 aromatic heterocycles. The number of hydrogen-bond donors (Lipinski definition) is 1. The third-order valence-electron chi connectivity index (χ3n) is 4.83. The maximum atomic E-state index is 13.0. The zero-order valence-electron chi connectivity index (χ0n) is 15.4. The number of esters is 1. The molecule has 9 heteroatoms. The average molecular weight is 417 g/mol. The first-order chi connectivity index (χ1) is 14.2. The second-order valence-electron chi connectivity index (χ2n) is 6.55. The Morgan fingerprint density at radius 3 is 2.40 bits per heavy atom. The van der Waals surface area contributed by atoms with E-state index in [0.29, 0.717) is 5.39 Å². The monoisotopic (exact) mass is 417 g/mol. The van der Waals surface area contributed by atoms with E-state index in [4.69, 9.17) is 19.6 Å². The van der Waals surface area contributed by atoms with E-state index in [1.54, 1.807) is 24.3 Å². The summed E-state index contributed by atoms with van der Waals surface area (Å²) in [4.78, 5) is 25.2. The van der Waals surface area contributed by atoms with Gasteiger partial charge in [0.05, 0.1) is 29.5 Å². The molecule has 1 aliphatic rings. The smallest absolute Gasteiger partial charge is 0.416 e. The van der Waals surface area contributed by atoms with Crippen LogP contribution in [0.4, 0.5) is 13.2 Å². The quantitative estimate of drug-likeness (QED) is 0.505. The summed E-state index contributed by atoms with van der Waals surface area (Å²) in [5.74, 6) is -2.24. The van der Waals surface area contributed by atoms with Gasteiger partial charge in [0.25, 0.3) is 0 Å². The molecule has 0 saturated carbocycles. The van der Waals surface area contributed by atoms with Crippen LogP contribution in [0.2, 0.25) is 0 Å². The van der Waals surface area contributed by atoms with Crippen LogP contribution in [0.1, 0.15) is 22.6 Å². The molecule has 0 amide bonds. The van der Waals surface area contributed by atoms with Crippen molar-refractivity contribution in [1.29, 1.82) is 0 Å². The molecule has 30 heavy (non-hydrogen) atoms. The van der Waals surface area contributed by atoms with E-state index in [-0.39, 0.29) is 33.9 Å². The van der Waals surface area contributed by atoms with Crippen molar-refractivity contribution in [3.63, 3.8) is 0 Å². The summed E-state index contributed by atoms with van der Waals surface area (Å²) < 4.78 is 54.6. The highest BCUT2D eigenvalue weighted by Crippen LogP contribution is 2.44. The lowest BCUT2D eigenvalue weighted by molar-refractivity contribution is -0.138. The van der Waals surface area contributed by atoms with Crippen LogP contribution in [0.25, 0.3) is 11.0 Å². The van der Waals surface area contributed by atoms with Crippen molar-refractivity contribution in [2.45, 2.75) is 12.1 Å². The minimum Gasteiger partial charge on any atom is -0.465 e. The number of benzene rings is 2. The summed E-state index contributed by atoms with van der Waals surface area (Å²) in [6, 6.07) is 10.6. The largest absolute Gasteiger partial charge is 0.465 e. The number of methoxy groups -OCH3 is 1. The van der Waals surface area contributed by atoms with Crippen LogP contribution >= 0.6 is 0 Å². The number of rotatable bonds is 2. The molecule has 2 aromatic carbocycles. The molecular weight excluding hydrogens is 403 g/mol. The van der Waals surface area contributed by atoms with Gasteiger partial charge < -0.3 is 19.6 Å². The predicted octanol–water partition coefficient (Wildman–Crippen LogP) is 3.68. The molecule has 0 radical (unpaired) electrons. The Labute approximate surface area is 167 Å². The Bertz CT molecular complexity index is 1240. The Kier molecular flexibility index (Phi) is 4.53. The fourth-order valence-electron chi connectivity index (χ4n) is 3.47. The maximum Gasteiger partial charge on any atom is 0.416 e. The van der Waals surface area contributed by atoms with Crippen molar-refractivity contribution in [3.8, 4) is 5.75 Å². The number of ether oxygens (including phenoxy) is 2. The van der Waals surface area contributed by atoms with Crippen LogP contribution in [0, 0.1) is 0 Å². The molecule has 6 nitrogen and oxygen atoms in total. The molecule has 4 rings (SSSR count). The zero-order valence-corrected chi connectivity index (χ0v) is 15.4. The van der Waals surface area contributed by atoms with E-state index in [1.165, 1.54) is 12.1 Å². The van der Waals surface area contributed by atoms with Crippen molar-refractivity contribution in [2.75, 3.05) is 7.11 Å². The van der Waals surface area contributed by atoms with Gasteiger partial charge in [0.15, 0.2) is 5.75 Å². The van der Waals surface area contributed by atoms with Gasteiger partial charge in [-0.05, 0) is 29.8 Å². The fourth-order valence-corrected chi connectivity index (χ4v) is 3.47. The van der Waals surface area contributed by atoms with Gasteiger partial charge >= 0.3 is 17.8 Å². The van der Waals surface area contributed by atoms with E-state index < -0.39 is 29.3 Å². The lowest BCUT2D eigenvalue weighted by atomic mass is 9.83. The third-order valence-corrected chi connectivity index (χ3v) is 4.83. The van der Waals surface area contributed by atoms with Gasteiger partial charge in [-0.2, -0.15) is 13.2 Å². The van der Waals surface area contributed by atoms with Crippen molar-refractivity contribution in [1.82, 2.24) is 0 Å². The van der Waals surface area contributed by atoms with Gasteiger partial charge in [0, 0.05) is 0 Å².